The second kappa shape index (κ2) is 14.8. The largest absolute Gasteiger partial charge is 0.507 e. The molecule has 13 nitrogen and oxygen atoms in total. The number of hydrogen-bond donors (Lipinski definition) is 5. The Hall–Kier alpha value is -5.56. The highest BCUT2D eigenvalue weighted by Crippen LogP contribution is 2.41. The van der Waals surface area contributed by atoms with E-state index in [-0.39, 0.29) is 41.5 Å². The van der Waals surface area contributed by atoms with E-state index in [4.69, 9.17) is 21.2 Å². The van der Waals surface area contributed by atoms with Crippen LogP contribution in [0, 0.1) is 13.8 Å². The van der Waals surface area contributed by atoms with E-state index in [1.165, 1.54) is 11.1 Å². The lowest BCUT2D eigenvalue weighted by molar-refractivity contribution is -0.136. The van der Waals surface area contributed by atoms with Gasteiger partial charge in [0.1, 0.15) is 23.7 Å². The number of fused-ring (bicyclic) bond motifs is 2. The predicted octanol–water partition coefficient (Wildman–Crippen LogP) is 3.88. The van der Waals surface area contributed by atoms with Gasteiger partial charge in [0.25, 0.3) is 5.91 Å². The molecular weight excluding hydrogens is 709 g/mol. The second-order valence-electron chi connectivity index (χ2n) is 16.2. The molecule has 8 rings (SSSR count). The minimum absolute atomic E-state index is 0.105. The fourth-order valence-corrected chi connectivity index (χ4v) is 9.28. The number of phenolic OH excluding ortho intramolecular Hbond substituents is 1. The number of imide groups is 1. The van der Waals surface area contributed by atoms with Crippen LogP contribution >= 0.6 is 0 Å². The fraction of sp³-hybridized carbons (Fsp3) is 0.442. The maximum Gasteiger partial charge on any atom is 0.255 e. The van der Waals surface area contributed by atoms with Crippen molar-refractivity contribution in [1.29, 1.82) is 0 Å². The van der Waals surface area contributed by atoms with Gasteiger partial charge in [-0.3, -0.25) is 24.6 Å². The van der Waals surface area contributed by atoms with Crippen molar-refractivity contribution in [2.75, 3.05) is 26.2 Å². The first-order valence-electron chi connectivity index (χ1n) is 19.8. The van der Waals surface area contributed by atoms with Gasteiger partial charge in [0, 0.05) is 61.6 Å². The van der Waals surface area contributed by atoms with Crippen LogP contribution in [0.2, 0.25) is 0 Å². The second-order valence-corrected chi connectivity index (χ2v) is 16.2. The first-order valence-corrected chi connectivity index (χ1v) is 19.8. The summed E-state index contributed by atoms with van der Waals surface area (Å²) in [7, 11) is 0. The Morgan fingerprint density at radius 1 is 1.09 bits per heavy atom. The number of aromatic nitrogens is 1. The third kappa shape index (κ3) is 6.93. The molecular formula is C43H52N8O5. The van der Waals surface area contributed by atoms with Crippen molar-refractivity contribution in [2.45, 2.75) is 96.0 Å². The molecule has 0 bridgehead atoms. The minimum Gasteiger partial charge on any atom is -0.507 e. The van der Waals surface area contributed by atoms with Crippen molar-refractivity contribution >= 4 is 23.4 Å². The number of aryl methyl sites for hydroxylation is 2. The SMILES string of the molecule is CCC12CNC(N)=C(/C=C(\N)c3cccc(C)c3O)N1CC(Oc1cc(C)c(CN3CCC(c4ccc5c(c4)C(=O)N(C4CCC(=O)NC4=O)C5)CC3)cn1)C2. The van der Waals surface area contributed by atoms with Gasteiger partial charge >= 0.3 is 0 Å². The summed E-state index contributed by atoms with van der Waals surface area (Å²) in [5, 5.41) is 16.4. The monoisotopic (exact) mass is 760 g/mol. The number of piperidine rings is 2. The zero-order valence-corrected chi connectivity index (χ0v) is 32.4. The van der Waals surface area contributed by atoms with E-state index in [2.05, 4.69) is 40.3 Å². The number of carbonyl (C=O) groups excluding carboxylic acids is 3. The molecule has 294 valence electrons. The zero-order valence-electron chi connectivity index (χ0n) is 32.4. The Balaban J connectivity index is 0.876. The Bertz CT molecular complexity index is 2140. The third-order valence-electron chi connectivity index (χ3n) is 12.7. The highest BCUT2D eigenvalue weighted by Gasteiger charge is 2.49. The number of likely N-dealkylation sites (tertiary alicyclic amines) is 1. The van der Waals surface area contributed by atoms with Crippen LogP contribution in [0.4, 0.5) is 0 Å². The molecule has 5 aliphatic heterocycles. The normalized spacial score (nSPS) is 24.6. The molecule has 1 aromatic heterocycles. The summed E-state index contributed by atoms with van der Waals surface area (Å²) in [4.78, 5) is 48.7. The van der Waals surface area contributed by atoms with Crippen LogP contribution in [0.3, 0.4) is 0 Å². The summed E-state index contributed by atoms with van der Waals surface area (Å²) in [6.07, 6.45) is 7.95. The molecule has 56 heavy (non-hydrogen) atoms. The van der Waals surface area contributed by atoms with Gasteiger partial charge in [-0.25, -0.2) is 4.98 Å². The van der Waals surface area contributed by atoms with E-state index in [0.717, 1.165) is 67.7 Å². The summed E-state index contributed by atoms with van der Waals surface area (Å²) in [5.74, 6) is 0.882. The topological polar surface area (TPSA) is 179 Å². The maximum absolute atomic E-state index is 13.4. The first kappa shape index (κ1) is 37.4. The van der Waals surface area contributed by atoms with Crippen LogP contribution in [0.25, 0.3) is 5.70 Å². The van der Waals surface area contributed by atoms with Crippen LogP contribution in [0.5, 0.6) is 11.6 Å². The lowest BCUT2D eigenvalue weighted by Crippen LogP contribution is -2.55. The van der Waals surface area contributed by atoms with Crippen molar-refractivity contribution in [2.24, 2.45) is 11.5 Å². The first-order chi connectivity index (χ1) is 26.9. The van der Waals surface area contributed by atoms with Gasteiger partial charge in [0.15, 0.2) is 0 Å². The molecule has 6 heterocycles. The quantitative estimate of drug-likeness (QED) is 0.200. The molecule has 3 aromatic rings. The molecule has 3 saturated heterocycles. The standard InChI is InChI=1S/C43H52N8O5/c1-4-43-19-31(23-51(43)36(40(45)47-24-43)18-34(44)32-7-5-6-25(2)39(32)53)56-38-16-26(3)30(20-46-38)21-49-14-12-27(13-15-49)28-8-9-29-22-50(42(55)33(29)17-28)35-10-11-37(52)48-41(35)54/h5-9,16-18,20,27,31,35,47,53H,4,10-15,19,21-24,44-45H2,1-3H3,(H,48,52,54)/b34-18-. The van der Waals surface area contributed by atoms with Gasteiger partial charge < -0.3 is 36.4 Å². The minimum atomic E-state index is -0.602. The molecule has 3 fully saturated rings. The van der Waals surface area contributed by atoms with E-state index >= 15 is 0 Å². The van der Waals surface area contributed by atoms with Crippen LogP contribution in [-0.4, -0.2) is 86.4 Å². The maximum atomic E-state index is 13.4. The average Bonchev–Trinajstić information content (AvgIpc) is 3.72. The number of carbonyl (C=O) groups is 3. The molecule has 0 spiro atoms. The molecule has 2 aromatic carbocycles. The smallest absolute Gasteiger partial charge is 0.255 e. The van der Waals surface area contributed by atoms with Gasteiger partial charge in [0.05, 0.1) is 17.8 Å². The van der Waals surface area contributed by atoms with Gasteiger partial charge in [-0.2, -0.15) is 0 Å². The molecule has 13 heteroatoms. The molecule has 0 aliphatic carbocycles. The molecule has 3 atom stereocenters. The summed E-state index contributed by atoms with van der Waals surface area (Å²) in [6, 6.07) is 13.2. The number of pyridine rings is 1. The zero-order chi connectivity index (χ0) is 39.3. The summed E-state index contributed by atoms with van der Waals surface area (Å²) >= 11 is 0. The number of allylic oxidation sites excluding steroid dienone is 1. The number of nitrogens with one attached hydrogen (secondary N) is 2. The van der Waals surface area contributed by atoms with E-state index in [9.17, 15) is 19.5 Å². The Labute approximate surface area is 327 Å². The Morgan fingerprint density at radius 3 is 2.64 bits per heavy atom. The number of phenols is 1. The van der Waals surface area contributed by atoms with Crippen molar-refractivity contribution in [1.82, 2.24) is 30.3 Å². The molecule has 0 radical (unpaired) electrons. The Kier molecular flexibility index (Phi) is 9.90. The van der Waals surface area contributed by atoms with Crippen molar-refractivity contribution in [3.8, 4) is 11.6 Å². The number of nitrogens with two attached hydrogens (primary N) is 2. The highest BCUT2D eigenvalue weighted by atomic mass is 16.5. The van der Waals surface area contributed by atoms with Gasteiger partial charge in [0.2, 0.25) is 17.7 Å². The summed E-state index contributed by atoms with van der Waals surface area (Å²) < 4.78 is 6.57. The number of rotatable bonds is 9. The summed E-state index contributed by atoms with van der Waals surface area (Å²) in [6.45, 7) is 10.5. The van der Waals surface area contributed by atoms with Gasteiger partial charge in [-0.05, 0) is 105 Å². The number of hydrogen-bond acceptors (Lipinski definition) is 11. The number of nitrogens with zero attached hydrogens (tertiary/aromatic N) is 4. The van der Waals surface area contributed by atoms with Crippen LogP contribution in [0.15, 0.2) is 66.3 Å². The average molecular weight is 761 g/mol. The lowest BCUT2D eigenvalue weighted by atomic mass is 9.87. The number of aromatic hydroxyl groups is 1. The predicted molar refractivity (Wildman–Crippen MR) is 212 cm³/mol. The fourth-order valence-electron chi connectivity index (χ4n) is 9.28. The van der Waals surface area contributed by atoms with Crippen LogP contribution < -0.4 is 26.8 Å². The van der Waals surface area contributed by atoms with Gasteiger partial charge in [-0.1, -0.05) is 31.2 Å². The number of benzene rings is 2. The van der Waals surface area contributed by atoms with E-state index in [1.54, 1.807) is 4.90 Å². The molecule has 5 aliphatic rings. The van der Waals surface area contributed by atoms with Crippen molar-refractivity contribution in [3.05, 3.63) is 105 Å². The third-order valence-corrected chi connectivity index (χ3v) is 12.7. The molecule has 0 saturated carbocycles. The lowest BCUT2D eigenvalue weighted by Gasteiger charge is -2.44. The van der Waals surface area contributed by atoms with E-state index in [1.807, 2.05) is 55.6 Å². The number of ether oxygens (including phenoxy) is 1. The Morgan fingerprint density at radius 2 is 1.89 bits per heavy atom. The van der Waals surface area contributed by atoms with Crippen molar-refractivity contribution in [3.63, 3.8) is 0 Å². The number of para-hydroxylation sites is 1. The van der Waals surface area contributed by atoms with Crippen LogP contribution in [-0.2, 0) is 22.7 Å². The van der Waals surface area contributed by atoms with E-state index < -0.39 is 6.04 Å². The van der Waals surface area contributed by atoms with Gasteiger partial charge in [-0.15, -0.1) is 0 Å². The van der Waals surface area contributed by atoms with Crippen LogP contribution in [0.1, 0.15) is 95.1 Å². The van der Waals surface area contributed by atoms with E-state index in [0.29, 0.717) is 60.5 Å². The number of amides is 3. The molecule has 7 N–H and O–H groups in total. The molecule has 3 amide bonds. The van der Waals surface area contributed by atoms with Crippen molar-refractivity contribution < 1.29 is 24.2 Å². The highest BCUT2D eigenvalue weighted by molar-refractivity contribution is 6.05. The molecule has 3 unspecified atom stereocenters. The summed E-state index contributed by atoms with van der Waals surface area (Å²) in [5.41, 5.74) is 20.5.